The van der Waals surface area contributed by atoms with Gasteiger partial charge < -0.3 is 9.64 Å². The molecule has 0 radical (unpaired) electrons. The van der Waals surface area contributed by atoms with Gasteiger partial charge in [-0.3, -0.25) is 4.79 Å². The van der Waals surface area contributed by atoms with Crippen molar-refractivity contribution in [3.63, 3.8) is 0 Å². The second-order valence-corrected chi connectivity index (χ2v) is 6.87. The molecular weight excluding hydrogens is 308 g/mol. The third-order valence-corrected chi connectivity index (χ3v) is 5.41. The molecule has 4 nitrogen and oxygen atoms in total. The first-order valence-corrected chi connectivity index (χ1v) is 8.85. The minimum atomic E-state index is -0.520. The number of hydrogen-bond donors (Lipinski definition) is 0. The van der Waals surface area contributed by atoms with Gasteiger partial charge in [-0.15, -0.1) is 11.3 Å². The Labute approximate surface area is 141 Å². The highest BCUT2D eigenvalue weighted by Crippen LogP contribution is 2.31. The fourth-order valence-corrected chi connectivity index (χ4v) is 4.04. The Bertz CT molecular complexity index is 656. The second-order valence-electron chi connectivity index (χ2n) is 5.98. The molecule has 122 valence electrons. The maximum atomic E-state index is 12.9. The molecule has 0 saturated carbocycles. The predicted molar refractivity (Wildman–Crippen MR) is 91.6 cm³/mol. The van der Waals surface area contributed by atoms with Gasteiger partial charge in [-0.05, 0) is 25.3 Å². The lowest BCUT2D eigenvalue weighted by Crippen LogP contribution is -2.42. The Hall–Kier alpha value is -1.72. The van der Waals surface area contributed by atoms with Crippen molar-refractivity contribution in [1.29, 1.82) is 0 Å². The van der Waals surface area contributed by atoms with Crippen LogP contribution in [0.5, 0.6) is 0 Å². The maximum absolute atomic E-state index is 12.9. The third kappa shape index (κ3) is 3.62. The number of carbonyl (C=O) groups is 1. The topological polar surface area (TPSA) is 42.4 Å². The first-order chi connectivity index (χ1) is 11.2. The number of aromatic nitrogens is 1. The summed E-state index contributed by atoms with van der Waals surface area (Å²) in [6.45, 7) is 3.55. The lowest BCUT2D eigenvalue weighted by atomic mass is 9.97. The molecule has 2 atom stereocenters. The van der Waals surface area contributed by atoms with Crippen molar-refractivity contribution in [2.75, 3.05) is 20.2 Å². The van der Waals surface area contributed by atoms with E-state index in [1.807, 2.05) is 42.2 Å². The van der Waals surface area contributed by atoms with Crippen LogP contribution >= 0.6 is 11.3 Å². The van der Waals surface area contributed by atoms with Crippen LogP contribution in [-0.2, 0) is 9.53 Å². The van der Waals surface area contributed by atoms with Crippen LogP contribution in [0, 0.1) is 6.92 Å². The average molecular weight is 330 g/mol. The van der Waals surface area contributed by atoms with Crippen molar-refractivity contribution in [3.05, 3.63) is 52.0 Å². The zero-order valence-corrected chi connectivity index (χ0v) is 14.4. The minimum absolute atomic E-state index is 0.0525. The quantitative estimate of drug-likeness (QED) is 0.861. The van der Waals surface area contributed by atoms with Crippen LogP contribution < -0.4 is 0 Å². The van der Waals surface area contributed by atoms with Crippen LogP contribution in [-0.4, -0.2) is 36.0 Å². The van der Waals surface area contributed by atoms with Crippen LogP contribution in [0.15, 0.2) is 35.7 Å². The van der Waals surface area contributed by atoms with Crippen molar-refractivity contribution < 1.29 is 9.53 Å². The Morgan fingerprint density at radius 1 is 1.39 bits per heavy atom. The molecule has 1 saturated heterocycles. The standard InChI is InChI=1S/C18H22N2O2S/c1-13-12-23-17(19-13)15-9-6-10-20(11-15)18(21)16(22-2)14-7-4-3-5-8-14/h3-5,7-8,12,15-16H,6,9-11H2,1-2H3. The number of carbonyl (C=O) groups excluding carboxylic acids is 1. The molecule has 1 aliphatic heterocycles. The van der Waals surface area contributed by atoms with E-state index in [1.165, 1.54) is 0 Å². The second kappa shape index (κ2) is 7.23. The van der Waals surface area contributed by atoms with E-state index < -0.39 is 6.10 Å². The van der Waals surface area contributed by atoms with Gasteiger partial charge in [0, 0.05) is 37.2 Å². The molecule has 2 heterocycles. The lowest BCUT2D eigenvalue weighted by Gasteiger charge is -2.34. The molecule has 5 heteroatoms. The lowest BCUT2D eigenvalue weighted by molar-refractivity contribution is -0.143. The molecule has 2 aromatic rings. The molecule has 0 aliphatic carbocycles. The van der Waals surface area contributed by atoms with E-state index >= 15 is 0 Å². The van der Waals surface area contributed by atoms with Crippen molar-refractivity contribution in [1.82, 2.24) is 9.88 Å². The molecule has 0 spiro atoms. The van der Waals surface area contributed by atoms with Gasteiger partial charge in [-0.25, -0.2) is 4.98 Å². The fraction of sp³-hybridized carbons (Fsp3) is 0.444. The van der Waals surface area contributed by atoms with Crippen LogP contribution in [0.1, 0.15) is 41.1 Å². The molecule has 0 N–H and O–H groups in total. The first-order valence-electron chi connectivity index (χ1n) is 7.97. The monoisotopic (exact) mass is 330 g/mol. The average Bonchev–Trinajstić information content (AvgIpc) is 3.03. The van der Waals surface area contributed by atoms with Crippen molar-refractivity contribution >= 4 is 17.2 Å². The number of aryl methyl sites for hydroxylation is 1. The maximum Gasteiger partial charge on any atom is 0.256 e. The van der Waals surface area contributed by atoms with Gasteiger partial charge >= 0.3 is 0 Å². The third-order valence-electron chi connectivity index (χ3n) is 4.28. The van der Waals surface area contributed by atoms with Gasteiger partial charge in [0.15, 0.2) is 6.10 Å². The summed E-state index contributed by atoms with van der Waals surface area (Å²) in [6, 6.07) is 9.70. The molecule has 3 rings (SSSR count). The first kappa shape index (κ1) is 16.1. The molecule has 2 unspecified atom stereocenters. The van der Waals surface area contributed by atoms with Crippen molar-refractivity contribution in [2.24, 2.45) is 0 Å². The van der Waals surface area contributed by atoms with E-state index in [2.05, 4.69) is 10.4 Å². The normalized spacial score (nSPS) is 19.6. The van der Waals surface area contributed by atoms with Gasteiger partial charge in [0.25, 0.3) is 5.91 Å². The summed E-state index contributed by atoms with van der Waals surface area (Å²) in [4.78, 5) is 19.4. The number of piperidine rings is 1. The Morgan fingerprint density at radius 2 is 2.17 bits per heavy atom. The highest BCUT2D eigenvalue weighted by atomic mass is 32.1. The SMILES string of the molecule is COC(C(=O)N1CCCC(c2nc(C)cs2)C1)c1ccccc1. The van der Waals surface area contributed by atoms with E-state index in [1.54, 1.807) is 18.4 Å². The fourth-order valence-electron chi connectivity index (χ4n) is 3.11. The van der Waals surface area contributed by atoms with Gasteiger partial charge in [0.2, 0.25) is 0 Å². The molecule has 1 amide bonds. The molecule has 1 fully saturated rings. The number of nitrogens with zero attached hydrogens (tertiary/aromatic N) is 2. The summed E-state index contributed by atoms with van der Waals surface area (Å²) in [7, 11) is 1.60. The number of hydrogen-bond acceptors (Lipinski definition) is 4. The van der Waals surface area contributed by atoms with E-state index in [4.69, 9.17) is 4.74 Å². The number of amides is 1. The minimum Gasteiger partial charge on any atom is -0.367 e. The number of methoxy groups -OCH3 is 1. The van der Waals surface area contributed by atoms with Crippen LogP contribution in [0.4, 0.5) is 0 Å². The molecule has 0 bridgehead atoms. The van der Waals surface area contributed by atoms with Crippen molar-refractivity contribution in [2.45, 2.75) is 31.8 Å². The van der Waals surface area contributed by atoms with E-state index in [0.717, 1.165) is 42.2 Å². The molecule has 1 aromatic heterocycles. The Balaban J connectivity index is 1.73. The predicted octanol–water partition coefficient (Wildman–Crippen LogP) is 3.55. The van der Waals surface area contributed by atoms with Gasteiger partial charge in [-0.1, -0.05) is 30.3 Å². The van der Waals surface area contributed by atoms with Crippen LogP contribution in [0.25, 0.3) is 0 Å². The van der Waals surface area contributed by atoms with Crippen LogP contribution in [0.3, 0.4) is 0 Å². The highest BCUT2D eigenvalue weighted by Gasteiger charge is 2.31. The number of ether oxygens (including phenoxy) is 1. The number of benzene rings is 1. The van der Waals surface area contributed by atoms with E-state index in [9.17, 15) is 4.79 Å². The smallest absolute Gasteiger partial charge is 0.256 e. The summed E-state index contributed by atoms with van der Waals surface area (Å²) in [5.41, 5.74) is 1.97. The van der Waals surface area contributed by atoms with Gasteiger partial charge in [0.1, 0.15) is 0 Å². The number of thiazole rings is 1. The summed E-state index contributed by atoms with van der Waals surface area (Å²) in [6.07, 6.45) is 1.59. The van der Waals surface area contributed by atoms with E-state index in [0.29, 0.717) is 5.92 Å². The summed E-state index contributed by atoms with van der Waals surface area (Å²) >= 11 is 1.70. The molecule has 23 heavy (non-hydrogen) atoms. The zero-order valence-electron chi connectivity index (χ0n) is 13.6. The van der Waals surface area contributed by atoms with Gasteiger partial charge in [-0.2, -0.15) is 0 Å². The van der Waals surface area contributed by atoms with E-state index in [-0.39, 0.29) is 5.91 Å². The zero-order chi connectivity index (χ0) is 16.2. The molecular formula is C18H22N2O2S. The summed E-state index contributed by atoms with van der Waals surface area (Å²) in [5.74, 6) is 0.399. The number of likely N-dealkylation sites (tertiary alicyclic amines) is 1. The molecule has 1 aromatic carbocycles. The number of rotatable bonds is 4. The van der Waals surface area contributed by atoms with Gasteiger partial charge in [0.05, 0.1) is 5.01 Å². The highest BCUT2D eigenvalue weighted by molar-refractivity contribution is 7.09. The van der Waals surface area contributed by atoms with Crippen LogP contribution in [0.2, 0.25) is 0 Å². The van der Waals surface area contributed by atoms with Crippen molar-refractivity contribution in [3.8, 4) is 0 Å². The largest absolute Gasteiger partial charge is 0.367 e. The summed E-state index contributed by atoms with van der Waals surface area (Å²) < 4.78 is 5.49. The Morgan fingerprint density at radius 3 is 2.83 bits per heavy atom. The molecule has 1 aliphatic rings. The summed E-state index contributed by atoms with van der Waals surface area (Å²) in [5, 5.41) is 3.23. The Kier molecular flexibility index (Phi) is 5.08.